The van der Waals surface area contributed by atoms with Crippen molar-refractivity contribution in [1.29, 1.82) is 0 Å². The fraction of sp³-hybridized carbons (Fsp3) is 0.789. The molecule has 1 aliphatic carbocycles. The Kier molecular flexibility index (Phi) is 7.29. The van der Waals surface area contributed by atoms with Gasteiger partial charge in [-0.05, 0) is 43.9 Å². The number of allylic oxidation sites excluding steroid dienone is 1. The number of nitrogens with zero attached hydrogens (tertiary/aromatic N) is 1. The highest BCUT2D eigenvalue weighted by atomic mass is 16.6. The summed E-state index contributed by atoms with van der Waals surface area (Å²) in [6.45, 7) is 7.60. The second-order valence-electron chi connectivity index (χ2n) is 8.05. The summed E-state index contributed by atoms with van der Waals surface area (Å²) in [5.41, 5.74) is 7.50. The molecule has 0 bridgehead atoms. The van der Waals surface area contributed by atoms with Gasteiger partial charge in [0, 0.05) is 19.1 Å². The van der Waals surface area contributed by atoms with Crippen LogP contribution < -0.4 is 11.1 Å². The topological polar surface area (TPSA) is 85.9 Å². The van der Waals surface area contributed by atoms with Gasteiger partial charge in [0.25, 0.3) is 5.91 Å². The maximum absolute atomic E-state index is 11.8. The molecule has 0 unspecified atom stereocenters. The van der Waals surface area contributed by atoms with Gasteiger partial charge < -0.3 is 20.6 Å². The number of ether oxygens (including phenoxy) is 1. The quantitative estimate of drug-likeness (QED) is 0.320. The molecule has 1 fully saturated rings. The Hall–Kier alpha value is -1.56. The van der Waals surface area contributed by atoms with E-state index >= 15 is 0 Å². The van der Waals surface area contributed by atoms with Crippen LogP contribution in [-0.2, 0) is 14.4 Å². The largest absolute Gasteiger partial charge is 0.384 e. The zero-order valence-corrected chi connectivity index (χ0v) is 15.8. The molecule has 1 heterocycles. The maximum Gasteiger partial charge on any atom is 0.260 e. The van der Waals surface area contributed by atoms with Gasteiger partial charge >= 0.3 is 0 Å². The minimum atomic E-state index is -0.164. The van der Waals surface area contributed by atoms with Crippen molar-refractivity contribution >= 4 is 11.7 Å². The second kappa shape index (κ2) is 9.22. The van der Waals surface area contributed by atoms with Crippen LogP contribution in [0.2, 0.25) is 0 Å². The molecule has 0 aromatic heterocycles. The average molecular weight is 351 g/mol. The first-order chi connectivity index (χ1) is 11.9. The first kappa shape index (κ1) is 19.8. The van der Waals surface area contributed by atoms with E-state index in [-0.39, 0.29) is 30.0 Å². The van der Waals surface area contributed by atoms with E-state index in [1.807, 2.05) is 0 Å². The number of hydrogen-bond acceptors (Lipinski definition) is 4. The van der Waals surface area contributed by atoms with Gasteiger partial charge in [-0.25, -0.2) is 0 Å². The van der Waals surface area contributed by atoms with E-state index in [4.69, 9.17) is 15.3 Å². The van der Waals surface area contributed by atoms with Crippen LogP contribution in [0.15, 0.2) is 16.8 Å². The predicted molar refractivity (Wildman–Crippen MR) is 99.1 cm³/mol. The Balaban J connectivity index is 1.68. The van der Waals surface area contributed by atoms with E-state index in [2.05, 4.69) is 37.3 Å². The predicted octanol–water partition coefficient (Wildman–Crippen LogP) is 2.73. The Morgan fingerprint density at radius 3 is 2.92 bits per heavy atom. The van der Waals surface area contributed by atoms with Crippen LogP contribution >= 0.6 is 0 Å². The fourth-order valence-corrected chi connectivity index (χ4v) is 3.52. The Labute approximate surface area is 151 Å². The van der Waals surface area contributed by atoms with Gasteiger partial charge in [0.05, 0.1) is 6.10 Å². The van der Waals surface area contributed by atoms with Crippen molar-refractivity contribution in [3.8, 4) is 0 Å². The molecule has 1 saturated heterocycles. The molecular weight excluding hydrogens is 318 g/mol. The molecule has 1 aliphatic heterocycles. The summed E-state index contributed by atoms with van der Waals surface area (Å²) in [7, 11) is 0. The Morgan fingerprint density at radius 1 is 1.44 bits per heavy atom. The molecule has 142 valence electrons. The zero-order valence-electron chi connectivity index (χ0n) is 15.8. The Morgan fingerprint density at radius 2 is 2.24 bits per heavy atom. The minimum absolute atomic E-state index is 0.00746. The van der Waals surface area contributed by atoms with E-state index in [0.29, 0.717) is 19.0 Å². The second-order valence-corrected chi connectivity index (χ2v) is 8.05. The molecule has 0 aromatic rings. The molecule has 0 aromatic carbocycles. The van der Waals surface area contributed by atoms with E-state index in [9.17, 15) is 4.79 Å². The fourth-order valence-electron chi connectivity index (χ4n) is 3.52. The minimum Gasteiger partial charge on any atom is -0.384 e. The molecule has 0 spiro atoms. The monoisotopic (exact) mass is 351 g/mol. The summed E-state index contributed by atoms with van der Waals surface area (Å²) >= 11 is 0. The lowest BCUT2D eigenvalue weighted by Crippen LogP contribution is -2.39. The van der Waals surface area contributed by atoms with Gasteiger partial charge in [0.2, 0.25) is 0 Å². The first-order valence-corrected chi connectivity index (χ1v) is 9.39. The van der Waals surface area contributed by atoms with Crippen molar-refractivity contribution in [3.63, 3.8) is 0 Å². The van der Waals surface area contributed by atoms with E-state index < -0.39 is 0 Å². The van der Waals surface area contributed by atoms with Gasteiger partial charge in [0.1, 0.15) is 5.84 Å². The normalized spacial score (nSPS) is 24.8. The molecule has 2 rings (SSSR count). The smallest absolute Gasteiger partial charge is 0.260 e. The lowest BCUT2D eigenvalue weighted by Gasteiger charge is -2.30. The van der Waals surface area contributed by atoms with Crippen LogP contribution in [0.5, 0.6) is 0 Å². The van der Waals surface area contributed by atoms with Crippen LogP contribution in [0.25, 0.3) is 0 Å². The molecule has 2 aliphatic rings. The summed E-state index contributed by atoms with van der Waals surface area (Å²) < 4.78 is 5.79. The van der Waals surface area contributed by atoms with Gasteiger partial charge in [-0.1, -0.05) is 37.6 Å². The maximum atomic E-state index is 11.8. The third-order valence-electron chi connectivity index (χ3n) is 4.84. The van der Waals surface area contributed by atoms with E-state index in [1.165, 1.54) is 24.8 Å². The van der Waals surface area contributed by atoms with Crippen LogP contribution in [-0.4, -0.2) is 37.6 Å². The van der Waals surface area contributed by atoms with Crippen LogP contribution in [0.1, 0.15) is 59.3 Å². The summed E-state index contributed by atoms with van der Waals surface area (Å²) in [5.74, 6) is 0.293. The summed E-state index contributed by atoms with van der Waals surface area (Å²) in [6, 6.07) is 0. The van der Waals surface area contributed by atoms with Crippen LogP contribution in [0.3, 0.4) is 0 Å². The van der Waals surface area contributed by atoms with Crippen molar-refractivity contribution < 1.29 is 14.4 Å². The van der Waals surface area contributed by atoms with Gasteiger partial charge in [-0.3, -0.25) is 4.79 Å². The molecular formula is C19H33N3O3. The summed E-state index contributed by atoms with van der Waals surface area (Å²) in [6.07, 6.45) is 8.95. The average Bonchev–Trinajstić information content (AvgIpc) is 3.06. The molecule has 25 heavy (non-hydrogen) atoms. The third-order valence-corrected chi connectivity index (χ3v) is 4.84. The lowest BCUT2D eigenvalue weighted by atomic mass is 9.81. The van der Waals surface area contributed by atoms with Crippen LogP contribution in [0.4, 0.5) is 0 Å². The Bertz CT molecular complexity index is 509. The van der Waals surface area contributed by atoms with Crippen molar-refractivity contribution in [2.45, 2.75) is 65.4 Å². The number of rotatable bonds is 7. The van der Waals surface area contributed by atoms with Gasteiger partial charge in [-0.15, -0.1) is 0 Å². The number of carbonyl (C=O) groups is 1. The lowest BCUT2D eigenvalue weighted by molar-refractivity contribution is -0.125. The summed E-state index contributed by atoms with van der Waals surface area (Å²) in [5, 5.41) is 6.82. The number of oxime groups is 1. The SMILES string of the molecule is CC(C)(C)[C@H]1OCC[C@@H]1C(N)=NOCC(=O)NCCC1=CCCCC1. The standard InChI is InChI=1S/C19H33N3O3/c1-19(2,3)17-15(10-12-24-17)18(20)22-25-13-16(23)21-11-9-14-7-5-4-6-8-14/h7,15,17H,4-6,8-13H2,1-3H3,(H2,20,22)(H,21,23)/t15-,17-/m0/s1. The highest BCUT2D eigenvalue weighted by molar-refractivity contribution is 5.83. The van der Waals surface area contributed by atoms with Crippen molar-refractivity contribution in [1.82, 2.24) is 5.32 Å². The third kappa shape index (κ3) is 6.34. The van der Waals surface area contributed by atoms with E-state index in [1.54, 1.807) is 0 Å². The molecule has 2 atom stereocenters. The zero-order chi connectivity index (χ0) is 18.3. The molecule has 0 saturated carbocycles. The van der Waals surface area contributed by atoms with Gasteiger partial charge in [-0.2, -0.15) is 0 Å². The number of nitrogens with one attached hydrogen (secondary N) is 1. The summed E-state index contributed by atoms with van der Waals surface area (Å²) in [4.78, 5) is 17.0. The first-order valence-electron chi connectivity index (χ1n) is 9.39. The molecule has 6 heteroatoms. The molecule has 3 N–H and O–H groups in total. The number of carbonyl (C=O) groups excluding carboxylic acids is 1. The van der Waals surface area contributed by atoms with Crippen molar-refractivity contribution in [2.24, 2.45) is 22.2 Å². The van der Waals surface area contributed by atoms with Crippen molar-refractivity contribution in [2.75, 3.05) is 19.8 Å². The number of hydrogen-bond donors (Lipinski definition) is 2. The molecule has 6 nitrogen and oxygen atoms in total. The highest BCUT2D eigenvalue weighted by Crippen LogP contribution is 2.34. The van der Waals surface area contributed by atoms with E-state index in [0.717, 1.165) is 19.3 Å². The molecule has 1 amide bonds. The molecule has 0 radical (unpaired) electrons. The van der Waals surface area contributed by atoms with Gasteiger partial charge in [0.15, 0.2) is 6.61 Å². The highest BCUT2D eigenvalue weighted by Gasteiger charge is 2.39. The number of amides is 1. The van der Waals surface area contributed by atoms with Crippen molar-refractivity contribution in [3.05, 3.63) is 11.6 Å². The number of nitrogens with two attached hydrogens (primary N) is 1. The number of amidine groups is 1. The van der Waals surface area contributed by atoms with Crippen LogP contribution in [0, 0.1) is 11.3 Å².